The van der Waals surface area contributed by atoms with Crippen LogP contribution in [0.25, 0.3) is 0 Å². The summed E-state index contributed by atoms with van der Waals surface area (Å²) in [6.07, 6.45) is 5.11. The van der Waals surface area contributed by atoms with Crippen molar-refractivity contribution in [3.05, 3.63) is 10.7 Å². The molecule has 1 unspecified atom stereocenters. The average molecular weight is 370 g/mol. The second-order valence-corrected chi connectivity index (χ2v) is 6.32. The number of thioether (sulfide) groups is 2. The predicted molar refractivity (Wildman–Crippen MR) is 86.1 cm³/mol. The Bertz CT molecular complexity index is 682. The van der Waals surface area contributed by atoms with Crippen molar-refractivity contribution >= 4 is 62.6 Å². The Hall–Kier alpha value is -1.26. The van der Waals surface area contributed by atoms with Gasteiger partial charge in [-0.25, -0.2) is 20.0 Å². The Labute approximate surface area is 131 Å². The molecule has 10 heteroatoms. The molecule has 0 aliphatic carbocycles. The van der Waals surface area contributed by atoms with E-state index in [1.807, 2.05) is 6.26 Å². The van der Waals surface area contributed by atoms with Crippen molar-refractivity contribution < 1.29 is 0 Å². The molecule has 0 radical (unpaired) electrons. The molecule has 7 nitrogen and oxygen atoms in total. The molecule has 1 atom stereocenters. The number of halogens is 1. The number of rotatable bonds is 2. The summed E-state index contributed by atoms with van der Waals surface area (Å²) in [6, 6.07) is -0.285. The van der Waals surface area contributed by atoms with Gasteiger partial charge in [-0.05, 0) is 22.2 Å². The predicted octanol–water partition coefficient (Wildman–Crippen LogP) is 1.59. The van der Waals surface area contributed by atoms with Gasteiger partial charge in [0.2, 0.25) is 5.96 Å². The largest absolute Gasteiger partial charge is 0.368 e. The number of guanidine groups is 1. The van der Waals surface area contributed by atoms with Crippen LogP contribution in [0.1, 0.15) is 0 Å². The summed E-state index contributed by atoms with van der Waals surface area (Å²) in [4.78, 5) is 25.2. The van der Waals surface area contributed by atoms with Crippen molar-refractivity contribution in [2.75, 3.05) is 6.26 Å². The third-order valence-electron chi connectivity index (χ3n) is 2.41. The van der Waals surface area contributed by atoms with Crippen molar-refractivity contribution in [2.45, 2.75) is 16.2 Å². The van der Waals surface area contributed by atoms with Crippen LogP contribution < -0.4 is 5.73 Å². The van der Waals surface area contributed by atoms with E-state index in [-0.39, 0.29) is 12.0 Å². The minimum absolute atomic E-state index is 0.184. The van der Waals surface area contributed by atoms with Gasteiger partial charge in [-0.3, -0.25) is 4.99 Å². The van der Waals surface area contributed by atoms with Crippen LogP contribution >= 0.6 is 39.5 Å². The highest BCUT2D eigenvalue weighted by atomic mass is 79.9. The summed E-state index contributed by atoms with van der Waals surface area (Å²) in [7, 11) is 0. The lowest BCUT2D eigenvalue weighted by Crippen LogP contribution is -2.31. The maximum absolute atomic E-state index is 5.69. The van der Waals surface area contributed by atoms with Crippen LogP contribution in [0.2, 0.25) is 0 Å². The topological polar surface area (TPSA) is 101 Å². The molecular formula is C10H8BrN7S2. The van der Waals surface area contributed by atoms with Gasteiger partial charge in [0, 0.05) is 6.20 Å². The summed E-state index contributed by atoms with van der Waals surface area (Å²) >= 11 is 6.29. The number of nitrogens with two attached hydrogens (primary N) is 1. The molecule has 3 heterocycles. The van der Waals surface area contributed by atoms with Crippen LogP contribution in [-0.2, 0) is 0 Å². The normalized spacial score (nSPS) is 20.3. The summed E-state index contributed by atoms with van der Waals surface area (Å²) in [6.45, 7) is 0. The van der Waals surface area contributed by atoms with E-state index < -0.39 is 0 Å². The highest BCUT2D eigenvalue weighted by Crippen LogP contribution is 2.30. The molecule has 2 aliphatic rings. The van der Waals surface area contributed by atoms with E-state index in [9.17, 15) is 0 Å². The van der Waals surface area contributed by atoms with Crippen LogP contribution in [0.3, 0.4) is 0 Å². The zero-order chi connectivity index (χ0) is 14.1. The Morgan fingerprint density at radius 1 is 1.35 bits per heavy atom. The third-order valence-corrected chi connectivity index (χ3v) is 4.84. The molecule has 2 N–H and O–H groups in total. The zero-order valence-corrected chi connectivity index (χ0v) is 13.4. The molecule has 0 fully saturated rings. The lowest BCUT2D eigenvalue weighted by atomic mass is 10.3. The summed E-state index contributed by atoms with van der Waals surface area (Å²) in [5.74, 6) is 0.749. The summed E-state index contributed by atoms with van der Waals surface area (Å²) in [5, 5.41) is 2.16. The standard InChI is InChI=1S/C10H8BrN7S2/c1-19-10-13-2-4(11)7(18-10)20-8-5-6(15-3-14-5)16-9(12)17-8/h2-3,5H,1H3,(H2,12,14,15,16). The first kappa shape index (κ1) is 13.7. The molecule has 1 aromatic heterocycles. The molecule has 2 aliphatic heterocycles. The molecule has 0 saturated carbocycles. The first-order valence-corrected chi connectivity index (χ1v) is 8.27. The van der Waals surface area contributed by atoms with Crippen LogP contribution in [-0.4, -0.2) is 45.4 Å². The highest BCUT2D eigenvalue weighted by molar-refractivity contribution is 9.10. The van der Waals surface area contributed by atoms with E-state index >= 15 is 0 Å². The third kappa shape index (κ3) is 2.63. The molecule has 0 aromatic carbocycles. The molecular weight excluding hydrogens is 362 g/mol. The number of hydrogen-bond donors (Lipinski definition) is 1. The first-order chi connectivity index (χ1) is 9.67. The van der Waals surface area contributed by atoms with Crippen molar-refractivity contribution in [1.82, 2.24) is 9.97 Å². The van der Waals surface area contributed by atoms with E-state index in [0.717, 1.165) is 9.50 Å². The van der Waals surface area contributed by atoms with Crippen LogP contribution in [0, 0.1) is 0 Å². The smallest absolute Gasteiger partial charge is 0.222 e. The second-order valence-electron chi connectivity index (χ2n) is 3.69. The summed E-state index contributed by atoms with van der Waals surface area (Å²) < 4.78 is 0.796. The Morgan fingerprint density at radius 2 is 2.20 bits per heavy atom. The minimum Gasteiger partial charge on any atom is -0.368 e. The molecule has 0 bridgehead atoms. The molecule has 0 spiro atoms. The molecule has 102 valence electrons. The van der Waals surface area contributed by atoms with Crippen molar-refractivity contribution in [2.24, 2.45) is 25.7 Å². The van der Waals surface area contributed by atoms with E-state index in [2.05, 4.69) is 45.9 Å². The number of amidine groups is 1. The van der Waals surface area contributed by atoms with E-state index in [0.29, 0.717) is 16.0 Å². The van der Waals surface area contributed by atoms with E-state index in [1.165, 1.54) is 29.9 Å². The second kappa shape index (κ2) is 5.62. The Balaban J connectivity index is 1.93. The van der Waals surface area contributed by atoms with E-state index in [1.54, 1.807) is 6.20 Å². The molecule has 1 aromatic rings. The van der Waals surface area contributed by atoms with Gasteiger partial charge in [-0.2, -0.15) is 4.99 Å². The minimum atomic E-state index is -0.285. The van der Waals surface area contributed by atoms with Gasteiger partial charge in [-0.1, -0.05) is 23.5 Å². The first-order valence-electron chi connectivity index (χ1n) is 5.44. The maximum Gasteiger partial charge on any atom is 0.222 e. The van der Waals surface area contributed by atoms with Crippen molar-refractivity contribution in [1.29, 1.82) is 0 Å². The lowest BCUT2D eigenvalue weighted by molar-refractivity contribution is 0.882. The fourth-order valence-electron chi connectivity index (χ4n) is 1.56. The maximum atomic E-state index is 5.69. The summed E-state index contributed by atoms with van der Waals surface area (Å²) in [5.41, 5.74) is 5.69. The Morgan fingerprint density at radius 3 is 3.00 bits per heavy atom. The van der Waals surface area contributed by atoms with Gasteiger partial charge in [0.25, 0.3) is 0 Å². The molecule has 0 saturated heterocycles. The van der Waals surface area contributed by atoms with Gasteiger partial charge in [0.15, 0.2) is 17.0 Å². The number of aromatic nitrogens is 2. The molecule has 20 heavy (non-hydrogen) atoms. The lowest BCUT2D eigenvalue weighted by Gasteiger charge is -2.15. The van der Waals surface area contributed by atoms with Crippen molar-refractivity contribution in [3.8, 4) is 0 Å². The number of aliphatic imine (C=N–C) groups is 4. The fraction of sp³-hybridized carbons (Fsp3) is 0.200. The van der Waals surface area contributed by atoms with Gasteiger partial charge >= 0.3 is 0 Å². The molecule has 3 rings (SSSR count). The SMILES string of the molecule is CSc1ncc(Br)c(SC2=NC(N)=NC3=NC=NC32)n1. The fourth-order valence-corrected chi connectivity index (χ4v) is 3.29. The van der Waals surface area contributed by atoms with Crippen molar-refractivity contribution in [3.63, 3.8) is 0 Å². The number of nitrogens with zero attached hydrogens (tertiary/aromatic N) is 6. The molecule has 0 amide bonds. The highest BCUT2D eigenvalue weighted by Gasteiger charge is 2.29. The van der Waals surface area contributed by atoms with Gasteiger partial charge in [-0.15, -0.1) is 0 Å². The number of fused-ring (bicyclic) bond motifs is 1. The van der Waals surface area contributed by atoms with Crippen LogP contribution in [0.5, 0.6) is 0 Å². The zero-order valence-electron chi connectivity index (χ0n) is 10.2. The van der Waals surface area contributed by atoms with Crippen LogP contribution in [0.4, 0.5) is 0 Å². The monoisotopic (exact) mass is 369 g/mol. The average Bonchev–Trinajstić information content (AvgIpc) is 2.89. The van der Waals surface area contributed by atoms with E-state index in [4.69, 9.17) is 5.73 Å². The van der Waals surface area contributed by atoms with Crippen LogP contribution in [0.15, 0.2) is 40.8 Å². The quantitative estimate of drug-likeness (QED) is 0.484. The Kier molecular flexibility index (Phi) is 3.85. The van der Waals surface area contributed by atoms with Gasteiger partial charge < -0.3 is 5.73 Å². The van der Waals surface area contributed by atoms with Gasteiger partial charge in [0.1, 0.15) is 16.4 Å². The van der Waals surface area contributed by atoms with Gasteiger partial charge in [0.05, 0.1) is 4.47 Å². The number of hydrogen-bond acceptors (Lipinski definition) is 9.